The minimum Gasteiger partial charge on any atom is -0.313 e. The number of imidazole rings is 2. The molecule has 0 radical (unpaired) electrons. The van der Waals surface area contributed by atoms with Crippen LogP contribution < -0.4 is 11.2 Å². The number of nitrogens with zero attached hydrogens (tertiary/aromatic N) is 8. The summed E-state index contributed by atoms with van der Waals surface area (Å²) in [6.07, 6.45) is 7.69. The minimum absolute atomic E-state index is 0.360. The van der Waals surface area contributed by atoms with Gasteiger partial charge in [0.2, 0.25) is 11.2 Å². The lowest BCUT2D eigenvalue weighted by Crippen LogP contribution is -2.24. The SMILES string of the molecule is C=CN=c1n(S)c2ccccc2n1C/C=C/Cn1c(=NC(=C)c2ccnn2CC)n(C)c2cccc(C(C)C)c21. The Morgan fingerprint density at radius 2 is 1.68 bits per heavy atom. The third kappa shape index (κ3) is 4.81. The molecule has 40 heavy (non-hydrogen) atoms. The van der Waals surface area contributed by atoms with Gasteiger partial charge in [-0.3, -0.25) is 8.65 Å². The van der Waals surface area contributed by atoms with Gasteiger partial charge in [-0.05, 0) is 42.7 Å². The number of para-hydroxylation sites is 3. The predicted octanol–water partition coefficient (Wildman–Crippen LogP) is 5.64. The van der Waals surface area contributed by atoms with E-state index in [1.165, 1.54) is 11.1 Å². The normalized spacial score (nSPS) is 13.1. The van der Waals surface area contributed by atoms with E-state index in [1.807, 2.05) is 28.9 Å². The molecule has 0 unspecified atom stereocenters. The Morgan fingerprint density at radius 1 is 0.975 bits per heavy atom. The van der Waals surface area contributed by atoms with Crippen molar-refractivity contribution in [3.63, 3.8) is 0 Å². The Morgan fingerprint density at radius 3 is 2.38 bits per heavy atom. The number of hydrogen-bond donors (Lipinski definition) is 1. The lowest BCUT2D eigenvalue weighted by molar-refractivity contribution is 0.649. The molecule has 0 aliphatic rings. The monoisotopic (exact) mass is 552 g/mol. The van der Waals surface area contributed by atoms with Gasteiger partial charge in [-0.2, -0.15) is 5.10 Å². The third-order valence-electron chi connectivity index (χ3n) is 7.17. The molecule has 3 heterocycles. The van der Waals surface area contributed by atoms with Crippen LogP contribution in [-0.4, -0.2) is 27.5 Å². The highest BCUT2D eigenvalue weighted by atomic mass is 32.1. The van der Waals surface area contributed by atoms with Crippen molar-refractivity contribution >= 4 is 40.6 Å². The molecule has 0 bridgehead atoms. The second-order valence-electron chi connectivity index (χ2n) is 9.92. The van der Waals surface area contributed by atoms with Crippen LogP contribution in [0.25, 0.3) is 27.8 Å². The first-order valence-corrected chi connectivity index (χ1v) is 13.9. The Balaban J connectivity index is 1.59. The maximum atomic E-state index is 5.06. The van der Waals surface area contributed by atoms with Crippen molar-refractivity contribution in [2.45, 2.75) is 46.3 Å². The molecule has 0 spiro atoms. The molecule has 0 saturated heterocycles. The van der Waals surface area contributed by atoms with Crippen LogP contribution >= 0.6 is 12.8 Å². The van der Waals surface area contributed by atoms with Gasteiger partial charge in [0.1, 0.15) is 0 Å². The van der Waals surface area contributed by atoms with Crippen LogP contribution in [0.3, 0.4) is 0 Å². The number of fused-ring (bicyclic) bond motifs is 2. The van der Waals surface area contributed by atoms with E-state index in [-0.39, 0.29) is 0 Å². The van der Waals surface area contributed by atoms with Gasteiger partial charge in [-0.1, -0.05) is 76.2 Å². The van der Waals surface area contributed by atoms with Crippen molar-refractivity contribution in [1.29, 1.82) is 0 Å². The topological polar surface area (TPSA) is 62.3 Å². The molecule has 3 aromatic heterocycles. The van der Waals surface area contributed by atoms with Crippen molar-refractivity contribution in [2.24, 2.45) is 17.0 Å². The number of benzene rings is 2. The predicted molar refractivity (Wildman–Crippen MR) is 167 cm³/mol. The van der Waals surface area contributed by atoms with Gasteiger partial charge in [0.15, 0.2) is 0 Å². The molecule has 0 N–H and O–H groups in total. The van der Waals surface area contributed by atoms with Crippen molar-refractivity contribution in [1.82, 2.24) is 27.5 Å². The molecule has 5 aromatic rings. The van der Waals surface area contributed by atoms with Crippen LogP contribution in [0, 0.1) is 0 Å². The van der Waals surface area contributed by atoms with Crippen LogP contribution in [0.2, 0.25) is 0 Å². The summed E-state index contributed by atoms with van der Waals surface area (Å²) < 4.78 is 10.3. The quantitative estimate of drug-likeness (QED) is 0.187. The standard InChI is InChI=1S/C31H36N8S/c1-7-32-30-36(26-15-9-10-16-27(26)39(30)40)20-11-12-21-37-29-24(22(3)4)14-13-17-28(29)35(6)31(37)34-23(5)25-18-19-33-38(25)8-2/h7,9-19,22,40H,1,5,8,20-21H2,2-4,6H3/b12-11+,32-30?,34-31?. The molecule has 9 heteroatoms. The summed E-state index contributed by atoms with van der Waals surface area (Å²) in [6, 6.07) is 16.6. The maximum Gasteiger partial charge on any atom is 0.221 e. The van der Waals surface area contributed by atoms with E-state index in [2.05, 4.69) is 114 Å². The van der Waals surface area contributed by atoms with Crippen LogP contribution in [-0.2, 0) is 26.7 Å². The van der Waals surface area contributed by atoms with Gasteiger partial charge in [0, 0.05) is 39.1 Å². The van der Waals surface area contributed by atoms with Gasteiger partial charge < -0.3 is 13.7 Å². The first-order chi connectivity index (χ1) is 19.4. The Bertz CT molecular complexity index is 1880. The lowest BCUT2D eigenvalue weighted by atomic mass is 10.0. The molecule has 0 fully saturated rings. The molecule has 0 aliphatic heterocycles. The zero-order chi connectivity index (χ0) is 28.4. The first-order valence-electron chi connectivity index (χ1n) is 13.5. The molecule has 5 rings (SSSR count). The molecule has 0 saturated carbocycles. The van der Waals surface area contributed by atoms with Gasteiger partial charge >= 0.3 is 0 Å². The summed E-state index contributed by atoms with van der Waals surface area (Å²) in [5, 5.41) is 4.40. The van der Waals surface area contributed by atoms with Crippen LogP contribution in [0.15, 0.2) is 96.2 Å². The summed E-state index contributed by atoms with van der Waals surface area (Å²) in [4.78, 5) is 9.54. The molecular formula is C31H36N8S. The van der Waals surface area contributed by atoms with E-state index < -0.39 is 0 Å². The van der Waals surface area contributed by atoms with Gasteiger partial charge in [0.05, 0.1) is 33.5 Å². The molecule has 0 amide bonds. The fraction of sp³-hybridized carbons (Fsp3) is 0.258. The average molecular weight is 553 g/mol. The largest absolute Gasteiger partial charge is 0.313 e. The van der Waals surface area contributed by atoms with Crippen molar-refractivity contribution < 1.29 is 0 Å². The highest BCUT2D eigenvalue weighted by Crippen LogP contribution is 2.25. The van der Waals surface area contributed by atoms with Crippen LogP contribution in [0.4, 0.5) is 0 Å². The number of rotatable bonds is 9. The van der Waals surface area contributed by atoms with Crippen molar-refractivity contribution in [3.05, 3.63) is 109 Å². The molecule has 206 valence electrons. The van der Waals surface area contributed by atoms with E-state index >= 15 is 0 Å². The maximum absolute atomic E-state index is 5.06. The highest BCUT2D eigenvalue weighted by Gasteiger charge is 2.16. The smallest absolute Gasteiger partial charge is 0.221 e. The summed E-state index contributed by atoms with van der Waals surface area (Å²) >= 11 is 4.68. The van der Waals surface area contributed by atoms with Crippen molar-refractivity contribution in [3.8, 4) is 0 Å². The molecule has 0 aliphatic carbocycles. The summed E-state index contributed by atoms with van der Waals surface area (Å²) in [5.74, 6) is 0.360. The number of thiol groups is 1. The third-order valence-corrected chi connectivity index (χ3v) is 7.56. The highest BCUT2D eigenvalue weighted by molar-refractivity contribution is 7.78. The molecule has 8 nitrogen and oxygen atoms in total. The second kappa shape index (κ2) is 11.5. The van der Waals surface area contributed by atoms with Gasteiger partial charge in [0.25, 0.3) is 0 Å². The zero-order valence-corrected chi connectivity index (χ0v) is 24.5. The van der Waals surface area contributed by atoms with E-state index in [0.717, 1.165) is 40.0 Å². The van der Waals surface area contributed by atoms with E-state index in [1.54, 1.807) is 16.4 Å². The molecule has 2 aromatic carbocycles. The number of aromatic nitrogens is 6. The number of hydrogen-bond acceptors (Lipinski definition) is 4. The van der Waals surface area contributed by atoms with E-state index in [4.69, 9.17) is 4.99 Å². The Kier molecular flexibility index (Phi) is 7.84. The Labute approximate surface area is 239 Å². The lowest BCUT2D eigenvalue weighted by Gasteiger charge is -2.10. The fourth-order valence-corrected chi connectivity index (χ4v) is 5.56. The number of aryl methyl sites for hydroxylation is 2. The van der Waals surface area contributed by atoms with Crippen LogP contribution in [0.1, 0.15) is 37.9 Å². The minimum atomic E-state index is 0.360. The van der Waals surface area contributed by atoms with E-state index in [0.29, 0.717) is 24.7 Å². The zero-order valence-electron chi connectivity index (χ0n) is 23.6. The van der Waals surface area contributed by atoms with Gasteiger partial charge in [-0.15, -0.1) is 0 Å². The fourth-order valence-electron chi connectivity index (χ4n) is 5.23. The molecule has 0 atom stereocenters. The number of allylic oxidation sites excluding steroid dienone is 2. The average Bonchev–Trinajstić information content (AvgIpc) is 3.62. The second-order valence-corrected chi connectivity index (χ2v) is 10.3. The summed E-state index contributed by atoms with van der Waals surface area (Å²) in [7, 11) is 2.07. The Hall–Kier alpha value is -4.24. The summed E-state index contributed by atoms with van der Waals surface area (Å²) in [5.41, 5.74) is 8.81. The first kappa shape index (κ1) is 27.3. The van der Waals surface area contributed by atoms with Gasteiger partial charge in [-0.25, -0.2) is 9.98 Å². The van der Waals surface area contributed by atoms with E-state index in [9.17, 15) is 0 Å². The summed E-state index contributed by atoms with van der Waals surface area (Å²) in [6.45, 7) is 16.7. The molecular weight excluding hydrogens is 516 g/mol. The van der Waals surface area contributed by atoms with Crippen LogP contribution in [0.5, 0.6) is 0 Å². The van der Waals surface area contributed by atoms with Crippen molar-refractivity contribution in [2.75, 3.05) is 0 Å².